The number of ether oxygens (including phenoxy) is 1. The number of halogens is 1. The van der Waals surface area contributed by atoms with Crippen LogP contribution in [-0.2, 0) is 9.53 Å². The van der Waals surface area contributed by atoms with Crippen LogP contribution in [0.5, 0.6) is 0 Å². The Morgan fingerprint density at radius 1 is 1.09 bits per heavy atom. The number of esters is 1. The summed E-state index contributed by atoms with van der Waals surface area (Å²) in [6, 6.07) is 14.1. The first-order valence-corrected chi connectivity index (χ1v) is 7.35. The van der Waals surface area contributed by atoms with Gasteiger partial charge in [0.1, 0.15) is 0 Å². The monoisotopic (exact) mass is 362 g/mol. The van der Waals surface area contributed by atoms with Crippen molar-refractivity contribution < 1.29 is 14.3 Å². The number of carbonyl (C=O) groups excluding carboxylic acids is 2. The summed E-state index contributed by atoms with van der Waals surface area (Å²) >= 11 is 3.35. The molecular formula is C16H15BrN2O3. The van der Waals surface area contributed by atoms with E-state index in [4.69, 9.17) is 0 Å². The molecule has 0 heterocycles. The van der Waals surface area contributed by atoms with Crippen LogP contribution in [-0.4, -0.2) is 25.5 Å². The van der Waals surface area contributed by atoms with Crippen molar-refractivity contribution in [3.05, 3.63) is 58.6 Å². The van der Waals surface area contributed by atoms with E-state index in [2.05, 4.69) is 31.3 Å². The van der Waals surface area contributed by atoms with Gasteiger partial charge in [-0.25, -0.2) is 4.79 Å². The first-order chi connectivity index (χ1) is 10.6. The fraction of sp³-hybridized carbons (Fsp3) is 0.125. The standard InChI is InChI=1S/C16H15BrN2O3/c1-22-16(21)11-4-2-6-13(8-11)18-10-15(20)19-14-7-3-5-12(17)9-14/h2-9,18H,10H2,1H3,(H,19,20). The summed E-state index contributed by atoms with van der Waals surface area (Å²) in [5.74, 6) is -0.594. The number of hydrogen-bond acceptors (Lipinski definition) is 4. The summed E-state index contributed by atoms with van der Waals surface area (Å²) in [6.45, 7) is 0.0944. The first-order valence-electron chi connectivity index (χ1n) is 6.56. The van der Waals surface area contributed by atoms with Gasteiger partial charge in [-0.1, -0.05) is 28.1 Å². The van der Waals surface area contributed by atoms with E-state index in [1.807, 2.05) is 18.2 Å². The van der Waals surface area contributed by atoms with Crippen LogP contribution in [0.3, 0.4) is 0 Å². The largest absolute Gasteiger partial charge is 0.465 e. The lowest BCUT2D eigenvalue weighted by molar-refractivity contribution is -0.114. The molecule has 1 amide bonds. The van der Waals surface area contributed by atoms with Crippen LogP contribution in [0.4, 0.5) is 11.4 Å². The Bertz CT molecular complexity index is 689. The van der Waals surface area contributed by atoms with Gasteiger partial charge in [0.05, 0.1) is 19.2 Å². The number of rotatable bonds is 5. The zero-order chi connectivity index (χ0) is 15.9. The highest BCUT2D eigenvalue weighted by atomic mass is 79.9. The maximum atomic E-state index is 11.9. The molecule has 2 aromatic rings. The number of anilines is 2. The molecule has 0 fully saturated rings. The van der Waals surface area contributed by atoms with Gasteiger partial charge >= 0.3 is 5.97 Å². The maximum Gasteiger partial charge on any atom is 0.337 e. The minimum Gasteiger partial charge on any atom is -0.465 e. The molecule has 2 aromatic carbocycles. The van der Waals surface area contributed by atoms with Crippen LogP contribution in [0.1, 0.15) is 10.4 Å². The minimum atomic E-state index is -0.415. The van der Waals surface area contributed by atoms with Crippen molar-refractivity contribution in [3.63, 3.8) is 0 Å². The van der Waals surface area contributed by atoms with E-state index in [0.29, 0.717) is 16.9 Å². The van der Waals surface area contributed by atoms with Crippen LogP contribution >= 0.6 is 15.9 Å². The normalized spacial score (nSPS) is 9.91. The van der Waals surface area contributed by atoms with E-state index in [1.165, 1.54) is 7.11 Å². The minimum absolute atomic E-state index is 0.0944. The maximum absolute atomic E-state index is 11.9. The third-order valence-electron chi connectivity index (χ3n) is 2.85. The summed E-state index contributed by atoms with van der Waals surface area (Å²) in [5, 5.41) is 5.75. The Kier molecular flexibility index (Phi) is 5.55. The van der Waals surface area contributed by atoms with Gasteiger partial charge in [-0.15, -0.1) is 0 Å². The number of benzene rings is 2. The molecule has 0 bridgehead atoms. The fourth-order valence-electron chi connectivity index (χ4n) is 1.83. The Hall–Kier alpha value is -2.34. The number of methoxy groups -OCH3 is 1. The molecule has 22 heavy (non-hydrogen) atoms. The molecule has 114 valence electrons. The zero-order valence-electron chi connectivity index (χ0n) is 11.9. The highest BCUT2D eigenvalue weighted by molar-refractivity contribution is 9.10. The first kappa shape index (κ1) is 16.0. The van der Waals surface area contributed by atoms with E-state index in [0.717, 1.165) is 4.47 Å². The lowest BCUT2D eigenvalue weighted by Crippen LogP contribution is -2.21. The second-order valence-electron chi connectivity index (χ2n) is 4.48. The molecular weight excluding hydrogens is 348 g/mol. The number of carbonyl (C=O) groups is 2. The van der Waals surface area contributed by atoms with Crippen molar-refractivity contribution in [2.75, 3.05) is 24.3 Å². The lowest BCUT2D eigenvalue weighted by atomic mass is 10.2. The number of nitrogens with one attached hydrogen (secondary N) is 2. The van der Waals surface area contributed by atoms with Gasteiger partial charge in [-0.05, 0) is 36.4 Å². The third-order valence-corrected chi connectivity index (χ3v) is 3.34. The van der Waals surface area contributed by atoms with Crippen LogP contribution in [0.25, 0.3) is 0 Å². The van der Waals surface area contributed by atoms with E-state index < -0.39 is 5.97 Å². The van der Waals surface area contributed by atoms with Gasteiger partial charge in [-0.3, -0.25) is 4.79 Å². The summed E-state index contributed by atoms with van der Waals surface area (Å²) in [4.78, 5) is 23.3. The molecule has 0 aliphatic carbocycles. The molecule has 0 aromatic heterocycles. The molecule has 0 unspecified atom stereocenters. The average molecular weight is 363 g/mol. The predicted molar refractivity (Wildman–Crippen MR) is 89.0 cm³/mol. The summed E-state index contributed by atoms with van der Waals surface area (Å²) in [5.41, 5.74) is 1.82. The Morgan fingerprint density at radius 3 is 2.55 bits per heavy atom. The lowest BCUT2D eigenvalue weighted by Gasteiger charge is -2.09. The predicted octanol–water partition coefficient (Wildman–Crippen LogP) is 3.29. The summed E-state index contributed by atoms with van der Waals surface area (Å²) in [6.07, 6.45) is 0. The zero-order valence-corrected chi connectivity index (χ0v) is 13.5. The van der Waals surface area contributed by atoms with Gasteiger partial charge in [0.15, 0.2) is 0 Å². The van der Waals surface area contributed by atoms with Crippen LogP contribution in [0, 0.1) is 0 Å². The molecule has 5 nitrogen and oxygen atoms in total. The molecule has 2 N–H and O–H groups in total. The van der Waals surface area contributed by atoms with Gasteiger partial charge < -0.3 is 15.4 Å². The molecule has 2 rings (SSSR count). The van der Waals surface area contributed by atoms with Gasteiger partial charge in [-0.2, -0.15) is 0 Å². The van der Waals surface area contributed by atoms with E-state index >= 15 is 0 Å². The van der Waals surface area contributed by atoms with E-state index in [-0.39, 0.29) is 12.5 Å². The quantitative estimate of drug-likeness (QED) is 0.800. The molecule has 0 saturated heterocycles. The number of hydrogen-bond donors (Lipinski definition) is 2. The summed E-state index contributed by atoms with van der Waals surface area (Å²) in [7, 11) is 1.33. The van der Waals surface area contributed by atoms with Crippen LogP contribution in [0.15, 0.2) is 53.0 Å². The second kappa shape index (κ2) is 7.61. The Labute approximate surface area is 136 Å². The van der Waals surface area contributed by atoms with Crippen molar-refractivity contribution in [2.24, 2.45) is 0 Å². The third kappa shape index (κ3) is 4.60. The van der Waals surface area contributed by atoms with Gasteiger partial charge in [0, 0.05) is 15.8 Å². The van der Waals surface area contributed by atoms with E-state index in [9.17, 15) is 9.59 Å². The van der Waals surface area contributed by atoms with Gasteiger partial charge in [0.25, 0.3) is 0 Å². The topological polar surface area (TPSA) is 67.4 Å². The highest BCUT2D eigenvalue weighted by Gasteiger charge is 2.07. The molecule has 0 atom stereocenters. The second-order valence-corrected chi connectivity index (χ2v) is 5.40. The van der Waals surface area contributed by atoms with Crippen molar-refractivity contribution in [3.8, 4) is 0 Å². The molecule has 0 aliphatic rings. The van der Waals surface area contributed by atoms with Gasteiger partial charge in [0.2, 0.25) is 5.91 Å². The van der Waals surface area contributed by atoms with Crippen LogP contribution < -0.4 is 10.6 Å². The van der Waals surface area contributed by atoms with Crippen LogP contribution in [0.2, 0.25) is 0 Å². The molecule has 0 aliphatic heterocycles. The van der Waals surface area contributed by atoms with Crippen molar-refractivity contribution in [1.82, 2.24) is 0 Å². The number of amides is 1. The van der Waals surface area contributed by atoms with Crippen molar-refractivity contribution >= 4 is 39.2 Å². The molecule has 0 saturated carbocycles. The van der Waals surface area contributed by atoms with Crippen molar-refractivity contribution in [1.29, 1.82) is 0 Å². The fourth-order valence-corrected chi connectivity index (χ4v) is 2.23. The van der Waals surface area contributed by atoms with E-state index in [1.54, 1.807) is 30.3 Å². The van der Waals surface area contributed by atoms with Crippen molar-refractivity contribution in [2.45, 2.75) is 0 Å². The Morgan fingerprint density at radius 2 is 1.82 bits per heavy atom. The Balaban J connectivity index is 1.92. The average Bonchev–Trinajstić information content (AvgIpc) is 2.52. The molecule has 6 heteroatoms. The molecule has 0 radical (unpaired) electrons. The highest BCUT2D eigenvalue weighted by Crippen LogP contribution is 2.16. The smallest absolute Gasteiger partial charge is 0.337 e. The molecule has 0 spiro atoms. The SMILES string of the molecule is COC(=O)c1cccc(NCC(=O)Nc2cccc(Br)c2)c1. The summed E-state index contributed by atoms with van der Waals surface area (Å²) < 4.78 is 5.55.